The summed E-state index contributed by atoms with van der Waals surface area (Å²) < 4.78 is 2.75. The quantitative estimate of drug-likeness (QED) is 0.480. The molecule has 6 heteroatoms. The van der Waals surface area contributed by atoms with Crippen molar-refractivity contribution < 1.29 is 0 Å². The van der Waals surface area contributed by atoms with E-state index in [-0.39, 0.29) is 0 Å². The molecular formula is C10H8BrN5. The molecule has 0 amide bonds. The van der Waals surface area contributed by atoms with Gasteiger partial charge in [0.2, 0.25) is 0 Å². The Morgan fingerprint density at radius 2 is 2.38 bits per heavy atom. The number of rotatable bonds is 3. The maximum atomic E-state index is 8.34. The van der Waals surface area contributed by atoms with E-state index >= 15 is 0 Å². The maximum absolute atomic E-state index is 8.34. The Balaban J connectivity index is 2.21. The molecule has 2 aromatic rings. The minimum Gasteiger partial charge on any atom is -0.267 e. The highest BCUT2D eigenvalue weighted by Crippen LogP contribution is 2.15. The lowest BCUT2D eigenvalue weighted by Gasteiger charge is -2.02. The Kier molecular flexibility index (Phi) is 3.24. The van der Waals surface area contributed by atoms with Crippen molar-refractivity contribution >= 4 is 21.6 Å². The monoisotopic (exact) mass is 277 g/mol. The second-order valence-electron chi connectivity index (χ2n) is 3.22. The van der Waals surface area contributed by atoms with E-state index in [2.05, 4.69) is 31.1 Å². The highest BCUT2D eigenvalue weighted by molar-refractivity contribution is 9.10. The molecule has 0 atom stereocenters. The fraction of sp³-hybridized carbons (Fsp3) is 0.100. The number of aromatic nitrogens is 2. The van der Waals surface area contributed by atoms with Gasteiger partial charge < -0.3 is 0 Å². The van der Waals surface area contributed by atoms with Crippen LogP contribution in [0.5, 0.6) is 0 Å². The number of azide groups is 1. The highest BCUT2D eigenvalue weighted by atomic mass is 79.9. The van der Waals surface area contributed by atoms with Crippen molar-refractivity contribution in [3.8, 4) is 0 Å². The van der Waals surface area contributed by atoms with E-state index < -0.39 is 0 Å². The lowest BCUT2D eigenvalue weighted by molar-refractivity contribution is 0.687. The molecule has 0 aliphatic heterocycles. The van der Waals surface area contributed by atoms with Crippen LogP contribution < -0.4 is 0 Å². The molecule has 0 radical (unpaired) electrons. The summed E-state index contributed by atoms with van der Waals surface area (Å²) in [6.45, 7) is 0.653. The zero-order chi connectivity index (χ0) is 11.4. The van der Waals surface area contributed by atoms with E-state index in [0.717, 1.165) is 10.0 Å². The number of hydrogen-bond acceptors (Lipinski definition) is 2. The lowest BCUT2D eigenvalue weighted by Crippen LogP contribution is -1.99. The van der Waals surface area contributed by atoms with Crippen molar-refractivity contribution in [1.82, 2.24) is 9.78 Å². The minimum atomic E-state index is 0.617. The van der Waals surface area contributed by atoms with Crippen molar-refractivity contribution in [3.05, 3.63) is 57.1 Å². The molecule has 80 valence electrons. The number of benzene rings is 1. The summed E-state index contributed by atoms with van der Waals surface area (Å²) in [5, 5.41) is 7.71. The van der Waals surface area contributed by atoms with Crippen molar-refractivity contribution in [3.63, 3.8) is 0 Å². The third-order valence-electron chi connectivity index (χ3n) is 2.02. The van der Waals surface area contributed by atoms with Crippen LogP contribution in [-0.4, -0.2) is 9.78 Å². The van der Waals surface area contributed by atoms with Crippen molar-refractivity contribution in [2.75, 3.05) is 0 Å². The molecular weight excluding hydrogens is 270 g/mol. The molecule has 0 unspecified atom stereocenters. The van der Waals surface area contributed by atoms with E-state index in [0.29, 0.717) is 12.2 Å². The summed E-state index contributed by atoms with van der Waals surface area (Å²) >= 11 is 3.33. The summed E-state index contributed by atoms with van der Waals surface area (Å²) in [6.07, 6.45) is 3.62. The minimum absolute atomic E-state index is 0.617. The van der Waals surface area contributed by atoms with Gasteiger partial charge in [0.25, 0.3) is 0 Å². The topological polar surface area (TPSA) is 66.6 Å². The smallest absolute Gasteiger partial charge is 0.0659 e. The van der Waals surface area contributed by atoms with Crippen LogP contribution in [0.3, 0.4) is 0 Å². The molecule has 1 aromatic carbocycles. The molecule has 0 saturated heterocycles. The molecule has 0 spiro atoms. The Bertz CT molecular complexity index is 542. The third kappa shape index (κ3) is 2.62. The Hall–Kier alpha value is -1.78. The second-order valence-corrected chi connectivity index (χ2v) is 4.13. The summed E-state index contributed by atoms with van der Waals surface area (Å²) in [6, 6.07) is 7.43. The zero-order valence-electron chi connectivity index (χ0n) is 8.29. The second kappa shape index (κ2) is 4.83. The van der Waals surface area contributed by atoms with E-state index in [1.165, 1.54) is 0 Å². The molecule has 0 aliphatic rings. The van der Waals surface area contributed by atoms with Crippen molar-refractivity contribution in [1.29, 1.82) is 0 Å². The van der Waals surface area contributed by atoms with E-state index in [1.54, 1.807) is 16.9 Å². The SMILES string of the molecule is [N-]=[N+]=Nc1cccc(Cn2cc(Br)cn2)c1. The van der Waals surface area contributed by atoms with Crippen molar-refractivity contribution in [2.24, 2.45) is 5.11 Å². The van der Waals surface area contributed by atoms with E-state index in [9.17, 15) is 0 Å². The Morgan fingerprint density at radius 3 is 3.06 bits per heavy atom. The van der Waals surface area contributed by atoms with Crippen LogP contribution in [0.2, 0.25) is 0 Å². The summed E-state index contributed by atoms with van der Waals surface area (Å²) in [7, 11) is 0. The highest BCUT2D eigenvalue weighted by Gasteiger charge is 1.98. The maximum Gasteiger partial charge on any atom is 0.0659 e. The summed E-state index contributed by atoms with van der Waals surface area (Å²) in [5.41, 5.74) is 10.00. The summed E-state index contributed by atoms with van der Waals surface area (Å²) in [5.74, 6) is 0. The molecule has 16 heavy (non-hydrogen) atoms. The van der Waals surface area contributed by atoms with Crippen molar-refractivity contribution in [2.45, 2.75) is 6.54 Å². The van der Waals surface area contributed by atoms with Gasteiger partial charge in [0.05, 0.1) is 17.2 Å². The molecule has 0 bridgehead atoms. The molecule has 1 heterocycles. The van der Waals surface area contributed by atoms with E-state index in [4.69, 9.17) is 5.53 Å². The molecule has 0 saturated carbocycles. The largest absolute Gasteiger partial charge is 0.267 e. The van der Waals surface area contributed by atoms with Gasteiger partial charge in [-0.25, -0.2) is 0 Å². The lowest BCUT2D eigenvalue weighted by atomic mass is 10.2. The van der Waals surface area contributed by atoms with Crippen LogP contribution in [-0.2, 0) is 6.54 Å². The van der Waals surface area contributed by atoms with Crippen LogP contribution in [0.1, 0.15) is 5.56 Å². The number of hydrogen-bond donors (Lipinski definition) is 0. The first-order valence-electron chi connectivity index (χ1n) is 4.60. The van der Waals surface area contributed by atoms with Gasteiger partial charge in [0.1, 0.15) is 0 Å². The molecule has 5 nitrogen and oxygen atoms in total. The fourth-order valence-corrected chi connectivity index (χ4v) is 1.71. The van der Waals surface area contributed by atoms with Gasteiger partial charge in [-0.2, -0.15) is 5.10 Å². The zero-order valence-corrected chi connectivity index (χ0v) is 9.87. The molecule has 1 aromatic heterocycles. The standard InChI is InChI=1S/C10H8BrN5/c11-9-5-13-16(7-9)6-8-2-1-3-10(4-8)14-15-12/h1-5,7H,6H2. The third-order valence-corrected chi connectivity index (χ3v) is 2.43. The predicted octanol–water partition coefficient (Wildman–Crippen LogP) is 3.64. The number of halogens is 1. The Labute approximate surface area is 100 Å². The molecule has 0 aliphatic carbocycles. The Morgan fingerprint density at radius 1 is 1.50 bits per heavy atom. The average molecular weight is 278 g/mol. The van der Waals surface area contributed by atoms with Crippen LogP contribution in [0.25, 0.3) is 10.4 Å². The molecule has 2 rings (SSSR count). The normalized spacial score (nSPS) is 9.81. The van der Waals surface area contributed by atoms with Crippen LogP contribution in [0.15, 0.2) is 46.2 Å². The van der Waals surface area contributed by atoms with Gasteiger partial charge in [-0.1, -0.05) is 23.3 Å². The van der Waals surface area contributed by atoms with E-state index in [1.807, 2.05) is 24.4 Å². The molecule has 0 fully saturated rings. The first-order chi connectivity index (χ1) is 7.78. The molecule has 0 N–H and O–H groups in total. The van der Waals surface area contributed by atoms with Gasteiger partial charge in [0.15, 0.2) is 0 Å². The van der Waals surface area contributed by atoms with Gasteiger partial charge in [-0.05, 0) is 33.1 Å². The first kappa shape index (κ1) is 10.7. The fourth-order valence-electron chi connectivity index (χ4n) is 1.38. The first-order valence-corrected chi connectivity index (χ1v) is 5.39. The van der Waals surface area contributed by atoms with Crippen LogP contribution in [0, 0.1) is 0 Å². The predicted molar refractivity (Wildman–Crippen MR) is 64.3 cm³/mol. The summed E-state index contributed by atoms with van der Waals surface area (Å²) in [4.78, 5) is 2.75. The van der Waals surface area contributed by atoms with Gasteiger partial charge >= 0.3 is 0 Å². The average Bonchev–Trinajstić information content (AvgIpc) is 2.65. The number of nitrogens with zero attached hydrogens (tertiary/aromatic N) is 5. The van der Waals surface area contributed by atoms with Gasteiger partial charge in [-0.3, -0.25) is 4.68 Å². The van der Waals surface area contributed by atoms with Crippen LogP contribution >= 0.6 is 15.9 Å². The van der Waals surface area contributed by atoms with Crippen LogP contribution in [0.4, 0.5) is 5.69 Å². The van der Waals surface area contributed by atoms with Gasteiger partial charge in [-0.15, -0.1) is 0 Å². The van der Waals surface area contributed by atoms with Gasteiger partial charge in [0, 0.05) is 16.8 Å².